The molecule has 0 saturated carbocycles. The first kappa shape index (κ1) is 17.6. The monoisotopic (exact) mass is 358 g/mol. The summed E-state index contributed by atoms with van der Waals surface area (Å²) in [5.74, 6) is 0.790. The van der Waals surface area contributed by atoms with E-state index in [4.69, 9.17) is 0 Å². The molecule has 2 aromatic rings. The molecule has 1 aromatic carbocycles. The number of hydrogen-bond acceptors (Lipinski definition) is 5. The Hall–Kier alpha value is -2.25. The van der Waals surface area contributed by atoms with E-state index in [1.165, 1.54) is 9.71 Å². The van der Waals surface area contributed by atoms with Crippen LogP contribution in [0.25, 0.3) is 6.08 Å². The molecule has 0 amide bonds. The molecule has 1 fully saturated rings. The Labute approximate surface area is 148 Å². The van der Waals surface area contributed by atoms with Gasteiger partial charge in [-0.05, 0) is 37.6 Å². The summed E-state index contributed by atoms with van der Waals surface area (Å²) in [7, 11) is -3.41. The zero-order valence-electron chi connectivity index (χ0n) is 14.5. The summed E-state index contributed by atoms with van der Waals surface area (Å²) in [6.07, 6.45) is 1.65. The predicted molar refractivity (Wildman–Crippen MR) is 99.7 cm³/mol. The lowest BCUT2D eigenvalue weighted by Crippen LogP contribution is -2.48. The number of hydrogen-bond donors (Lipinski definition) is 0. The van der Waals surface area contributed by atoms with Gasteiger partial charge in [-0.1, -0.05) is 29.8 Å². The van der Waals surface area contributed by atoms with E-state index in [1.54, 1.807) is 6.08 Å². The Morgan fingerprint density at radius 3 is 2.20 bits per heavy atom. The molecule has 1 aliphatic rings. The Morgan fingerprint density at radius 2 is 1.60 bits per heavy atom. The van der Waals surface area contributed by atoms with Gasteiger partial charge in [-0.15, -0.1) is 5.10 Å². The fourth-order valence-electron chi connectivity index (χ4n) is 2.66. The summed E-state index contributed by atoms with van der Waals surface area (Å²) in [4.78, 5) is 2.06. The molecule has 1 aliphatic heterocycles. The Bertz CT molecular complexity index is 838. The van der Waals surface area contributed by atoms with Crippen molar-refractivity contribution in [3.05, 3.63) is 58.6 Å². The Balaban J connectivity index is 1.63. The van der Waals surface area contributed by atoms with Crippen molar-refractivity contribution in [2.24, 2.45) is 0 Å². The summed E-state index contributed by atoms with van der Waals surface area (Å²) in [6, 6.07) is 11.6. The minimum absolute atomic E-state index is 0.441. The van der Waals surface area contributed by atoms with Crippen LogP contribution in [0.3, 0.4) is 0 Å². The highest BCUT2D eigenvalue weighted by atomic mass is 32.2. The zero-order chi connectivity index (χ0) is 17.9. The van der Waals surface area contributed by atoms with E-state index < -0.39 is 10.0 Å². The largest absolute Gasteiger partial charge is 0.352 e. The van der Waals surface area contributed by atoms with Crippen molar-refractivity contribution in [3.8, 4) is 0 Å². The van der Waals surface area contributed by atoms with Gasteiger partial charge in [0.25, 0.3) is 0 Å². The highest BCUT2D eigenvalue weighted by molar-refractivity contribution is 7.92. The van der Waals surface area contributed by atoms with E-state index in [2.05, 4.69) is 15.1 Å². The molecule has 0 spiro atoms. The lowest BCUT2D eigenvalue weighted by Gasteiger charge is -2.33. The number of aromatic nitrogens is 2. The van der Waals surface area contributed by atoms with Crippen LogP contribution in [0, 0.1) is 13.8 Å². The van der Waals surface area contributed by atoms with Crippen LogP contribution < -0.4 is 4.90 Å². The smallest absolute Gasteiger partial charge is 0.236 e. The molecule has 0 N–H and O–H groups in total. The maximum atomic E-state index is 12.5. The number of sulfonamides is 1. The Morgan fingerprint density at radius 1 is 0.920 bits per heavy atom. The molecule has 0 aliphatic carbocycles. The maximum absolute atomic E-state index is 12.5. The van der Waals surface area contributed by atoms with Crippen molar-refractivity contribution >= 4 is 21.9 Å². The molecule has 25 heavy (non-hydrogen) atoms. The SMILES string of the molecule is Cc1ccc(/C=C/S(=O)(=O)N2CCN(c3ccc(C)nn3)CC2)cc1. The number of piperazine rings is 1. The predicted octanol–water partition coefficient (Wildman–Crippen LogP) is 2.22. The summed E-state index contributed by atoms with van der Waals surface area (Å²) >= 11 is 0. The van der Waals surface area contributed by atoms with Gasteiger partial charge in [0, 0.05) is 31.6 Å². The van der Waals surface area contributed by atoms with E-state index in [9.17, 15) is 8.42 Å². The number of anilines is 1. The van der Waals surface area contributed by atoms with Gasteiger partial charge in [0.2, 0.25) is 10.0 Å². The molecule has 132 valence electrons. The van der Waals surface area contributed by atoms with Gasteiger partial charge in [0.1, 0.15) is 0 Å². The van der Waals surface area contributed by atoms with E-state index in [0.29, 0.717) is 26.2 Å². The molecule has 0 bridgehead atoms. The molecule has 1 saturated heterocycles. The van der Waals surface area contributed by atoms with Crippen LogP contribution in [0.1, 0.15) is 16.8 Å². The molecule has 0 radical (unpaired) electrons. The first-order chi connectivity index (χ1) is 11.9. The highest BCUT2D eigenvalue weighted by Gasteiger charge is 2.25. The minimum Gasteiger partial charge on any atom is -0.352 e. The molecule has 0 atom stereocenters. The van der Waals surface area contributed by atoms with Crippen LogP contribution in [-0.4, -0.2) is 49.1 Å². The molecular formula is C18H22N4O2S. The van der Waals surface area contributed by atoms with Crippen LogP contribution in [0.15, 0.2) is 41.8 Å². The molecule has 2 heterocycles. The van der Waals surface area contributed by atoms with Crippen LogP contribution in [-0.2, 0) is 10.0 Å². The highest BCUT2D eigenvalue weighted by Crippen LogP contribution is 2.16. The van der Waals surface area contributed by atoms with Crippen LogP contribution in [0.2, 0.25) is 0 Å². The molecule has 3 rings (SSSR count). The van der Waals surface area contributed by atoms with Gasteiger partial charge in [0.15, 0.2) is 5.82 Å². The van der Waals surface area contributed by atoms with Crippen molar-refractivity contribution in [1.82, 2.24) is 14.5 Å². The summed E-state index contributed by atoms with van der Waals surface area (Å²) in [6.45, 7) is 5.99. The van der Waals surface area contributed by atoms with Crippen molar-refractivity contribution in [3.63, 3.8) is 0 Å². The average Bonchev–Trinajstić information content (AvgIpc) is 2.62. The molecule has 0 unspecified atom stereocenters. The number of nitrogens with zero attached hydrogens (tertiary/aromatic N) is 4. The first-order valence-electron chi connectivity index (χ1n) is 8.24. The summed E-state index contributed by atoms with van der Waals surface area (Å²) in [5, 5.41) is 9.51. The fourth-order valence-corrected chi connectivity index (χ4v) is 3.83. The lowest BCUT2D eigenvalue weighted by atomic mass is 10.2. The van der Waals surface area contributed by atoms with Gasteiger partial charge in [-0.3, -0.25) is 0 Å². The van der Waals surface area contributed by atoms with Crippen LogP contribution in [0.5, 0.6) is 0 Å². The minimum atomic E-state index is -3.41. The third-order valence-electron chi connectivity index (χ3n) is 4.22. The van der Waals surface area contributed by atoms with Gasteiger partial charge in [0.05, 0.1) is 5.69 Å². The van der Waals surface area contributed by atoms with Crippen LogP contribution in [0.4, 0.5) is 5.82 Å². The number of benzene rings is 1. The number of aryl methyl sites for hydroxylation is 2. The summed E-state index contributed by atoms with van der Waals surface area (Å²) < 4.78 is 26.5. The average molecular weight is 358 g/mol. The van der Waals surface area contributed by atoms with E-state index in [-0.39, 0.29) is 0 Å². The van der Waals surface area contributed by atoms with Gasteiger partial charge < -0.3 is 4.90 Å². The molecular weight excluding hydrogens is 336 g/mol. The van der Waals surface area contributed by atoms with Crippen LogP contribution >= 0.6 is 0 Å². The maximum Gasteiger partial charge on any atom is 0.236 e. The van der Waals surface area contributed by atoms with E-state index in [0.717, 1.165) is 22.6 Å². The fraction of sp³-hybridized carbons (Fsp3) is 0.333. The van der Waals surface area contributed by atoms with Crippen molar-refractivity contribution < 1.29 is 8.42 Å². The second-order valence-electron chi connectivity index (χ2n) is 6.18. The second-order valence-corrected chi connectivity index (χ2v) is 8.00. The van der Waals surface area contributed by atoms with Crippen molar-refractivity contribution in [2.75, 3.05) is 31.1 Å². The molecule has 7 heteroatoms. The molecule has 1 aromatic heterocycles. The summed E-state index contributed by atoms with van der Waals surface area (Å²) in [5.41, 5.74) is 2.89. The quantitative estimate of drug-likeness (QED) is 0.838. The number of rotatable bonds is 4. The lowest BCUT2D eigenvalue weighted by molar-refractivity contribution is 0.388. The normalized spacial score (nSPS) is 16.5. The van der Waals surface area contributed by atoms with Crippen molar-refractivity contribution in [1.29, 1.82) is 0 Å². The third kappa shape index (κ3) is 4.43. The van der Waals surface area contributed by atoms with Gasteiger partial charge >= 0.3 is 0 Å². The van der Waals surface area contributed by atoms with E-state index >= 15 is 0 Å². The van der Waals surface area contributed by atoms with Gasteiger partial charge in [-0.25, -0.2) is 8.42 Å². The van der Waals surface area contributed by atoms with Crippen molar-refractivity contribution in [2.45, 2.75) is 13.8 Å². The standard InChI is InChI=1S/C18H22N4O2S/c1-15-3-6-17(7-4-15)9-14-25(23,24)22-12-10-21(11-13-22)18-8-5-16(2)19-20-18/h3-9,14H,10-13H2,1-2H3/b14-9+. The second kappa shape index (κ2) is 7.33. The van der Waals surface area contributed by atoms with Gasteiger partial charge in [-0.2, -0.15) is 9.40 Å². The topological polar surface area (TPSA) is 66.4 Å². The third-order valence-corrected chi connectivity index (χ3v) is 5.78. The van der Waals surface area contributed by atoms with E-state index in [1.807, 2.05) is 50.2 Å². The molecule has 6 nitrogen and oxygen atoms in total. The zero-order valence-corrected chi connectivity index (χ0v) is 15.3. The Kier molecular flexibility index (Phi) is 5.15. The first-order valence-corrected chi connectivity index (χ1v) is 9.74.